The number of aromatic nitrogens is 1. The van der Waals surface area contributed by atoms with Crippen LogP contribution in [0.2, 0.25) is 0 Å². The van der Waals surface area contributed by atoms with Crippen LogP contribution in [-0.2, 0) is 11.3 Å². The van der Waals surface area contributed by atoms with Crippen molar-refractivity contribution >= 4 is 5.91 Å². The summed E-state index contributed by atoms with van der Waals surface area (Å²) in [6, 6.07) is 12.5. The molecule has 1 aromatic carbocycles. The van der Waals surface area contributed by atoms with Gasteiger partial charge in [-0.15, -0.1) is 0 Å². The molecule has 2 aromatic rings. The first kappa shape index (κ1) is 17.2. The van der Waals surface area contributed by atoms with E-state index in [0.717, 1.165) is 62.6 Å². The third kappa shape index (κ3) is 4.14. The van der Waals surface area contributed by atoms with Crippen LogP contribution in [0.1, 0.15) is 35.9 Å². The standard InChI is InChI=1S/C20H26N4O2/c1-15-13-18(22-26-15)14-23-9-11-24(12-10-23)19(16-5-3-2-4-6-16)20(25)21-17-7-8-17/h2-6,13,17,19H,7-12,14H2,1H3,(H,21,25)/p+2/t19-/m0/s1. The van der Waals surface area contributed by atoms with Gasteiger partial charge in [0.15, 0.2) is 6.04 Å². The van der Waals surface area contributed by atoms with E-state index >= 15 is 0 Å². The van der Waals surface area contributed by atoms with Crippen molar-refractivity contribution in [1.82, 2.24) is 10.5 Å². The zero-order valence-corrected chi connectivity index (χ0v) is 15.3. The summed E-state index contributed by atoms with van der Waals surface area (Å²) in [6.07, 6.45) is 2.25. The minimum Gasteiger partial charge on any atom is -0.361 e. The monoisotopic (exact) mass is 356 g/mol. The quantitative estimate of drug-likeness (QED) is 0.641. The fourth-order valence-corrected chi connectivity index (χ4v) is 3.88. The van der Waals surface area contributed by atoms with Crippen molar-refractivity contribution in [3.05, 3.63) is 53.4 Å². The van der Waals surface area contributed by atoms with Crippen LogP contribution in [0.5, 0.6) is 0 Å². The predicted molar refractivity (Wildman–Crippen MR) is 96.7 cm³/mol. The van der Waals surface area contributed by atoms with Gasteiger partial charge in [-0.3, -0.25) is 4.79 Å². The van der Waals surface area contributed by atoms with E-state index < -0.39 is 0 Å². The molecule has 26 heavy (non-hydrogen) atoms. The van der Waals surface area contributed by atoms with Crippen molar-refractivity contribution in [3.8, 4) is 0 Å². The fraction of sp³-hybridized carbons (Fsp3) is 0.500. The molecule has 0 radical (unpaired) electrons. The Balaban J connectivity index is 1.41. The number of amides is 1. The van der Waals surface area contributed by atoms with E-state index in [1.165, 1.54) is 9.80 Å². The molecule has 6 nitrogen and oxygen atoms in total. The van der Waals surface area contributed by atoms with Crippen LogP contribution in [0.15, 0.2) is 40.9 Å². The Morgan fingerprint density at radius 3 is 2.58 bits per heavy atom. The van der Waals surface area contributed by atoms with Crippen molar-refractivity contribution in [3.63, 3.8) is 0 Å². The van der Waals surface area contributed by atoms with E-state index in [0.29, 0.717) is 6.04 Å². The van der Waals surface area contributed by atoms with Crippen molar-refractivity contribution < 1.29 is 19.1 Å². The lowest BCUT2D eigenvalue weighted by Gasteiger charge is -2.33. The molecule has 0 bridgehead atoms. The average molecular weight is 356 g/mol. The smallest absolute Gasteiger partial charge is 0.283 e. The highest BCUT2D eigenvalue weighted by Crippen LogP contribution is 2.20. The fourth-order valence-electron chi connectivity index (χ4n) is 3.88. The highest BCUT2D eigenvalue weighted by Gasteiger charge is 2.37. The van der Waals surface area contributed by atoms with Gasteiger partial charge in [0.2, 0.25) is 0 Å². The van der Waals surface area contributed by atoms with Gasteiger partial charge >= 0.3 is 0 Å². The van der Waals surface area contributed by atoms with Gasteiger partial charge in [0.05, 0.1) is 0 Å². The van der Waals surface area contributed by atoms with E-state index in [1.807, 2.05) is 31.2 Å². The Bertz CT molecular complexity index is 733. The van der Waals surface area contributed by atoms with Gasteiger partial charge in [0.1, 0.15) is 44.2 Å². The first-order chi connectivity index (χ1) is 12.7. The number of nitrogens with one attached hydrogen (secondary N) is 3. The molecule has 1 amide bonds. The molecule has 0 spiro atoms. The van der Waals surface area contributed by atoms with Gasteiger partial charge in [0, 0.05) is 17.7 Å². The van der Waals surface area contributed by atoms with Crippen molar-refractivity contribution in [2.24, 2.45) is 0 Å². The molecular weight excluding hydrogens is 328 g/mol. The van der Waals surface area contributed by atoms with Gasteiger partial charge < -0.3 is 19.6 Å². The van der Waals surface area contributed by atoms with Gasteiger partial charge in [0.25, 0.3) is 5.91 Å². The number of quaternary nitrogens is 2. The Morgan fingerprint density at radius 1 is 1.23 bits per heavy atom. The number of hydrogen-bond donors (Lipinski definition) is 3. The molecule has 2 aliphatic rings. The van der Waals surface area contributed by atoms with Gasteiger partial charge in [-0.05, 0) is 19.8 Å². The minimum atomic E-state index is -0.104. The van der Waals surface area contributed by atoms with Crippen LogP contribution in [-0.4, -0.2) is 43.3 Å². The second-order valence-electron chi connectivity index (χ2n) is 7.64. The molecule has 3 N–H and O–H groups in total. The number of nitrogens with zero attached hydrogens (tertiary/aromatic N) is 1. The second kappa shape index (κ2) is 7.60. The summed E-state index contributed by atoms with van der Waals surface area (Å²) < 4.78 is 5.18. The highest BCUT2D eigenvalue weighted by molar-refractivity contribution is 5.82. The summed E-state index contributed by atoms with van der Waals surface area (Å²) in [6.45, 7) is 6.89. The zero-order chi connectivity index (χ0) is 17.9. The van der Waals surface area contributed by atoms with Crippen molar-refractivity contribution in [2.75, 3.05) is 26.2 Å². The summed E-state index contributed by atoms with van der Waals surface area (Å²) >= 11 is 0. The van der Waals surface area contributed by atoms with Crippen LogP contribution >= 0.6 is 0 Å². The molecule has 0 unspecified atom stereocenters. The highest BCUT2D eigenvalue weighted by atomic mass is 16.5. The topological polar surface area (TPSA) is 64.0 Å². The number of piperazine rings is 1. The maximum absolute atomic E-state index is 12.9. The van der Waals surface area contributed by atoms with Crippen LogP contribution in [0.3, 0.4) is 0 Å². The Morgan fingerprint density at radius 2 is 1.96 bits per heavy atom. The van der Waals surface area contributed by atoms with E-state index in [9.17, 15) is 4.79 Å². The normalized spacial score (nSPS) is 24.2. The maximum atomic E-state index is 12.9. The summed E-state index contributed by atoms with van der Waals surface area (Å²) in [4.78, 5) is 15.8. The molecule has 2 heterocycles. The zero-order valence-electron chi connectivity index (χ0n) is 15.3. The molecule has 138 valence electrons. The lowest BCUT2D eigenvalue weighted by Crippen LogP contribution is -3.28. The molecule has 2 fully saturated rings. The second-order valence-corrected chi connectivity index (χ2v) is 7.64. The Kier molecular flexibility index (Phi) is 5.04. The third-order valence-corrected chi connectivity index (χ3v) is 5.43. The number of aryl methyl sites for hydroxylation is 1. The largest absolute Gasteiger partial charge is 0.361 e. The molecule has 1 saturated carbocycles. The van der Waals surface area contributed by atoms with E-state index in [4.69, 9.17) is 4.52 Å². The number of benzene rings is 1. The first-order valence-corrected chi connectivity index (χ1v) is 9.64. The van der Waals surface area contributed by atoms with Crippen molar-refractivity contribution in [1.29, 1.82) is 0 Å². The van der Waals surface area contributed by atoms with E-state index in [1.54, 1.807) is 0 Å². The summed E-state index contributed by atoms with van der Waals surface area (Å²) in [5, 5.41) is 7.33. The summed E-state index contributed by atoms with van der Waals surface area (Å²) in [5.41, 5.74) is 2.14. The first-order valence-electron chi connectivity index (χ1n) is 9.64. The van der Waals surface area contributed by atoms with Gasteiger partial charge in [-0.1, -0.05) is 35.5 Å². The Hall–Kier alpha value is -2.18. The number of carbonyl (C=O) groups excluding carboxylic acids is 1. The minimum absolute atomic E-state index is 0.104. The molecule has 1 saturated heterocycles. The van der Waals surface area contributed by atoms with Crippen LogP contribution in [0.4, 0.5) is 0 Å². The van der Waals surface area contributed by atoms with Crippen molar-refractivity contribution in [2.45, 2.75) is 38.4 Å². The summed E-state index contributed by atoms with van der Waals surface area (Å²) in [5.74, 6) is 1.05. The molecule has 1 atom stereocenters. The van der Waals surface area contributed by atoms with E-state index in [-0.39, 0.29) is 11.9 Å². The van der Waals surface area contributed by atoms with Crippen LogP contribution in [0, 0.1) is 6.92 Å². The van der Waals surface area contributed by atoms with Gasteiger partial charge in [-0.25, -0.2) is 0 Å². The maximum Gasteiger partial charge on any atom is 0.283 e. The molecule has 6 heteroatoms. The number of rotatable bonds is 6. The van der Waals surface area contributed by atoms with Crippen LogP contribution < -0.4 is 15.1 Å². The molecule has 1 aromatic heterocycles. The predicted octanol–water partition coefficient (Wildman–Crippen LogP) is -0.714. The number of carbonyl (C=O) groups is 1. The van der Waals surface area contributed by atoms with E-state index in [2.05, 4.69) is 22.6 Å². The Labute approximate surface area is 154 Å². The molecule has 4 rings (SSSR count). The van der Waals surface area contributed by atoms with Crippen LogP contribution in [0.25, 0.3) is 0 Å². The SMILES string of the molecule is Cc1cc(C[NH+]2CC[NH+]([C@H](C(=O)NC3CC3)c3ccccc3)CC2)no1. The third-order valence-electron chi connectivity index (χ3n) is 5.43. The molecular formula is C20H28N4O2+2. The molecule has 1 aliphatic carbocycles. The average Bonchev–Trinajstić information content (AvgIpc) is 3.37. The molecule has 1 aliphatic heterocycles. The lowest BCUT2D eigenvalue weighted by molar-refractivity contribution is -1.03. The van der Waals surface area contributed by atoms with Gasteiger partial charge in [-0.2, -0.15) is 0 Å². The number of hydrogen-bond acceptors (Lipinski definition) is 3. The lowest BCUT2D eigenvalue weighted by atomic mass is 10.0. The summed E-state index contributed by atoms with van der Waals surface area (Å²) in [7, 11) is 0.